The summed E-state index contributed by atoms with van der Waals surface area (Å²) in [5.74, 6) is 0.807. The smallest absolute Gasteiger partial charge is 0.191 e. The standard InChI is InChI=1S/C17H28N6S.HI/c1-7-15-13(4)24-16(21-15)8-9-19-17(18-5)20-10-14-11(2)22-23(6)12(14)3;/h7-10H2,1-6H3,(H2,18,19,20);1H. The minimum absolute atomic E-state index is 0. The Morgan fingerprint density at radius 1 is 1.24 bits per heavy atom. The first-order chi connectivity index (χ1) is 11.5. The number of aryl methyl sites for hydroxylation is 4. The molecule has 0 saturated heterocycles. The summed E-state index contributed by atoms with van der Waals surface area (Å²) in [6, 6.07) is 0. The highest BCUT2D eigenvalue weighted by Crippen LogP contribution is 2.18. The Hall–Kier alpha value is -1.16. The molecule has 2 aromatic rings. The third-order valence-electron chi connectivity index (χ3n) is 4.22. The molecule has 0 radical (unpaired) electrons. The Kier molecular flexibility index (Phi) is 8.84. The predicted molar refractivity (Wildman–Crippen MR) is 116 cm³/mol. The molecule has 0 fully saturated rings. The van der Waals surface area contributed by atoms with Gasteiger partial charge in [-0.1, -0.05) is 6.92 Å². The second-order valence-electron chi connectivity index (χ2n) is 5.84. The summed E-state index contributed by atoms with van der Waals surface area (Å²) in [6.45, 7) is 9.96. The van der Waals surface area contributed by atoms with Crippen molar-refractivity contribution in [2.75, 3.05) is 13.6 Å². The molecular weight excluding hydrogens is 447 g/mol. The van der Waals surface area contributed by atoms with Crippen molar-refractivity contribution in [2.24, 2.45) is 12.0 Å². The van der Waals surface area contributed by atoms with Gasteiger partial charge in [-0.15, -0.1) is 35.3 Å². The van der Waals surface area contributed by atoms with E-state index < -0.39 is 0 Å². The molecule has 0 aliphatic heterocycles. The minimum Gasteiger partial charge on any atom is -0.356 e. The normalized spacial score (nSPS) is 11.4. The van der Waals surface area contributed by atoms with Crippen LogP contribution in [0.25, 0.3) is 0 Å². The molecule has 2 N–H and O–H groups in total. The first-order valence-electron chi connectivity index (χ1n) is 8.35. The van der Waals surface area contributed by atoms with Gasteiger partial charge >= 0.3 is 0 Å². The molecule has 0 saturated carbocycles. The van der Waals surface area contributed by atoms with Crippen LogP contribution < -0.4 is 10.6 Å². The Morgan fingerprint density at radius 2 is 1.96 bits per heavy atom. The van der Waals surface area contributed by atoms with Crippen molar-refractivity contribution in [3.63, 3.8) is 0 Å². The maximum atomic E-state index is 4.68. The summed E-state index contributed by atoms with van der Waals surface area (Å²) < 4.78 is 1.92. The van der Waals surface area contributed by atoms with Crippen LogP contribution >= 0.6 is 35.3 Å². The topological polar surface area (TPSA) is 67.1 Å². The van der Waals surface area contributed by atoms with Crippen LogP contribution in [0.5, 0.6) is 0 Å². The summed E-state index contributed by atoms with van der Waals surface area (Å²) in [7, 11) is 3.76. The fourth-order valence-electron chi connectivity index (χ4n) is 2.68. The van der Waals surface area contributed by atoms with E-state index in [1.807, 2.05) is 18.7 Å². The molecule has 0 spiro atoms. The van der Waals surface area contributed by atoms with Crippen LogP contribution in [0, 0.1) is 20.8 Å². The summed E-state index contributed by atoms with van der Waals surface area (Å²) >= 11 is 1.79. The molecule has 25 heavy (non-hydrogen) atoms. The van der Waals surface area contributed by atoms with Crippen LogP contribution in [0.15, 0.2) is 4.99 Å². The molecule has 0 atom stereocenters. The Morgan fingerprint density at radius 3 is 2.48 bits per heavy atom. The van der Waals surface area contributed by atoms with E-state index in [0.717, 1.165) is 37.6 Å². The van der Waals surface area contributed by atoms with Crippen LogP contribution in [0.1, 0.15) is 39.5 Å². The summed E-state index contributed by atoms with van der Waals surface area (Å²) in [6.07, 6.45) is 1.92. The SMILES string of the molecule is CCc1nc(CCNC(=NC)NCc2c(C)nn(C)c2C)sc1C.I. The molecule has 0 aromatic carbocycles. The van der Waals surface area contributed by atoms with Crippen LogP contribution in [-0.4, -0.2) is 34.3 Å². The lowest BCUT2D eigenvalue weighted by Crippen LogP contribution is -2.38. The maximum Gasteiger partial charge on any atom is 0.191 e. The average molecular weight is 476 g/mol. The molecule has 2 heterocycles. The third-order valence-corrected chi connectivity index (χ3v) is 5.29. The fourth-order valence-corrected chi connectivity index (χ4v) is 3.70. The summed E-state index contributed by atoms with van der Waals surface area (Å²) in [4.78, 5) is 10.3. The van der Waals surface area contributed by atoms with Gasteiger partial charge in [-0.3, -0.25) is 9.67 Å². The molecule has 0 bridgehead atoms. The van der Waals surface area contributed by atoms with Gasteiger partial charge in [0.05, 0.1) is 16.4 Å². The number of rotatable bonds is 6. The molecule has 2 aromatic heterocycles. The first kappa shape index (κ1) is 21.9. The molecule has 0 amide bonds. The highest BCUT2D eigenvalue weighted by atomic mass is 127. The van der Waals surface area contributed by atoms with Crippen molar-refractivity contribution in [1.82, 2.24) is 25.4 Å². The van der Waals surface area contributed by atoms with Gasteiger partial charge in [-0.2, -0.15) is 5.10 Å². The van der Waals surface area contributed by atoms with E-state index in [9.17, 15) is 0 Å². The molecule has 0 aliphatic carbocycles. The first-order valence-corrected chi connectivity index (χ1v) is 9.16. The molecule has 0 aliphatic rings. The highest BCUT2D eigenvalue weighted by molar-refractivity contribution is 14.0. The Bertz CT molecular complexity index is 719. The minimum atomic E-state index is 0. The van der Waals surface area contributed by atoms with Gasteiger partial charge < -0.3 is 10.6 Å². The Labute approximate surface area is 171 Å². The zero-order valence-electron chi connectivity index (χ0n) is 15.9. The number of aromatic nitrogens is 3. The molecule has 6 nitrogen and oxygen atoms in total. The van der Waals surface area contributed by atoms with Crippen molar-refractivity contribution in [1.29, 1.82) is 0 Å². The van der Waals surface area contributed by atoms with E-state index in [1.165, 1.54) is 26.8 Å². The summed E-state index contributed by atoms with van der Waals surface area (Å²) in [5.41, 5.74) is 4.69. The van der Waals surface area contributed by atoms with Gasteiger partial charge in [0.15, 0.2) is 5.96 Å². The zero-order valence-corrected chi connectivity index (χ0v) is 19.1. The van der Waals surface area contributed by atoms with Crippen LogP contribution in [-0.2, 0) is 26.4 Å². The van der Waals surface area contributed by atoms with Gasteiger partial charge in [-0.25, -0.2) is 4.98 Å². The van der Waals surface area contributed by atoms with E-state index in [1.54, 1.807) is 18.4 Å². The number of halogens is 1. The zero-order chi connectivity index (χ0) is 17.7. The lowest BCUT2D eigenvalue weighted by molar-refractivity contribution is 0.728. The quantitative estimate of drug-likeness (QED) is 0.382. The maximum absolute atomic E-state index is 4.68. The van der Waals surface area contributed by atoms with Crippen molar-refractivity contribution < 1.29 is 0 Å². The number of hydrogen-bond acceptors (Lipinski definition) is 4. The largest absolute Gasteiger partial charge is 0.356 e. The second-order valence-corrected chi connectivity index (χ2v) is 7.13. The van der Waals surface area contributed by atoms with Crippen molar-refractivity contribution in [2.45, 2.75) is 47.1 Å². The van der Waals surface area contributed by atoms with E-state index in [-0.39, 0.29) is 24.0 Å². The molecule has 2 rings (SSSR count). The average Bonchev–Trinajstić information content (AvgIpc) is 3.03. The van der Waals surface area contributed by atoms with Gasteiger partial charge in [0.1, 0.15) is 0 Å². The lowest BCUT2D eigenvalue weighted by Gasteiger charge is -2.11. The summed E-state index contributed by atoms with van der Waals surface area (Å²) in [5, 5.41) is 12.4. The molecular formula is C17H29IN6S. The van der Waals surface area contributed by atoms with E-state index in [2.05, 4.69) is 46.5 Å². The van der Waals surface area contributed by atoms with Crippen molar-refractivity contribution >= 4 is 41.3 Å². The number of thiazole rings is 1. The van der Waals surface area contributed by atoms with E-state index in [0.29, 0.717) is 0 Å². The van der Waals surface area contributed by atoms with Gasteiger partial charge in [0.25, 0.3) is 0 Å². The number of nitrogens with one attached hydrogen (secondary N) is 2. The van der Waals surface area contributed by atoms with Crippen LogP contribution in [0.3, 0.4) is 0 Å². The predicted octanol–water partition coefficient (Wildman–Crippen LogP) is 2.89. The van der Waals surface area contributed by atoms with Crippen molar-refractivity contribution in [3.05, 3.63) is 32.5 Å². The van der Waals surface area contributed by atoms with Crippen LogP contribution in [0.2, 0.25) is 0 Å². The van der Waals surface area contributed by atoms with E-state index in [4.69, 9.17) is 0 Å². The Balaban J connectivity index is 0.00000312. The van der Waals surface area contributed by atoms with Crippen molar-refractivity contribution in [3.8, 4) is 0 Å². The molecule has 140 valence electrons. The van der Waals surface area contributed by atoms with Gasteiger partial charge in [-0.05, 0) is 27.2 Å². The number of hydrogen-bond donors (Lipinski definition) is 2. The lowest BCUT2D eigenvalue weighted by atomic mass is 10.2. The molecule has 8 heteroatoms. The number of aliphatic imine (C=N–C) groups is 1. The van der Waals surface area contributed by atoms with E-state index >= 15 is 0 Å². The van der Waals surface area contributed by atoms with Crippen LogP contribution in [0.4, 0.5) is 0 Å². The van der Waals surface area contributed by atoms with Gasteiger partial charge in [0, 0.05) is 49.7 Å². The second kappa shape index (κ2) is 10.1. The number of guanidine groups is 1. The monoisotopic (exact) mass is 476 g/mol. The highest BCUT2D eigenvalue weighted by Gasteiger charge is 2.10. The fraction of sp³-hybridized carbons (Fsp3) is 0.588. The number of nitrogens with zero attached hydrogens (tertiary/aromatic N) is 4. The third kappa shape index (κ3) is 5.67. The van der Waals surface area contributed by atoms with Gasteiger partial charge in [0.2, 0.25) is 0 Å². The molecule has 0 unspecified atom stereocenters.